The summed E-state index contributed by atoms with van der Waals surface area (Å²) in [6, 6.07) is 0.137. The van der Waals surface area contributed by atoms with Crippen LogP contribution in [0.4, 0.5) is 9.93 Å². The molecule has 1 aromatic heterocycles. The molecule has 23 heavy (non-hydrogen) atoms. The summed E-state index contributed by atoms with van der Waals surface area (Å²) in [5, 5.41) is 9.15. The summed E-state index contributed by atoms with van der Waals surface area (Å²) in [6.07, 6.45) is 5.33. The minimum absolute atomic E-state index is 0.0206. The minimum atomic E-state index is -0.162. The number of urea groups is 1. The number of hydrogen-bond donors (Lipinski definition) is 3. The van der Waals surface area contributed by atoms with Crippen molar-refractivity contribution in [3.8, 4) is 0 Å². The average Bonchev–Trinajstić information content (AvgIpc) is 3.15. The van der Waals surface area contributed by atoms with Crippen LogP contribution in [-0.4, -0.2) is 48.0 Å². The van der Waals surface area contributed by atoms with Gasteiger partial charge >= 0.3 is 6.03 Å². The van der Waals surface area contributed by atoms with Crippen LogP contribution in [0.2, 0.25) is 0 Å². The summed E-state index contributed by atoms with van der Waals surface area (Å²) in [4.78, 5) is 31.2. The van der Waals surface area contributed by atoms with E-state index in [0.29, 0.717) is 24.3 Å². The molecule has 1 aliphatic heterocycles. The summed E-state index contributed by atoms with van der Waals surface area (Å²) in [5.41, 5.74) is 1.04. The number of fused-ring (bicyclic) bond motifs is 1. The molecule has 3 rings (SSSR count). The molecule has 126 valence electrons. The number of carbonyl (C=O) groups excluding carboxylic acids is 2. The Balaban J connectivity index is 1.55. The van der Waals surface area contributed by atoms with E-state index >= 15 is 0 Å². The van der Waals surface area contributed by atoms with Gasteiger partial charge in [-0.2, -0.15) is 0 Å². The van der Waals surface area contributed by atoms with Gasteiger partial charge in [-0.1, -0.05) is 12.8 Å². The number of nitrogens with zero attached hydrogens (tertiary/aromatic N) is 2. The Morgan fingerprint density at radius 1 is 1.35 bits per heavy atom. The topological polar surface area (TPSA) is 86.4 Å². The van der Waals surface area contributed by atoms with E-state index in [1.807, 2.05) is 0 Å². The molecule has 0 unspecified atom stereocenters. The molecular formula is C15H23N5O2S. The third kappa shape index (κ3) is 4.20. The van der Waals surface area contributed by atoms with E-state index in [9.17, 15) is 9.59 Å². The second-order valence-electron chi connectivity index (χ2n) is 6.10. The molecule has 0 radical (unpaired) electrons. The Morgan fingerprint density at radius 3 is 2.87 bits per heavy atom. The number of anilines is 1. The van der Waals surface area contributed by atoms with Gasteiger partial charge in [0.2, 0.25) is 5.91 Å². The predicted molar refractivity (Wildman–Crippen MR) is 89.6 cm³/mol. The minimum Gasteiger partial charge on any atom is -0.358 e. The molecule has 1 fully saturated rings. The molecule has 0 aromatic carbocycles. The number of aromatic nitrogens is 1. The van der Waals surface area contributed by atoms with E-state index < -0.39 is 0 Å². The number of carbonyl (C=O) groups is 2. The summed E-state index contributed by atoms with van der Waals surface area (Å²) in [7, 11) is 1.65. The van der Waals surface area contributed by atoms with Crippen molar-refractivity contribution in [1.29, 1.82) is 0 Å². The molecule has 0 bridgehead atoms. The van der Waals surface area contributed by atoms with Crippen LogP contribution in [-0.2, 0) is 17.8 Å². The van der Waals surface area contributed by atoms with Crippen molar-refractivity contribution in [3.63, 3.8) is 0 Å². The molecule has 3 N–H and O–H groups in total. The monoisotopic (exact) mass is 337 g/mol. The zero-order valence-electron chi connectivity index (χ0n) is 13.4. The number of nitrogens with one attached hydrogen (secondary N) is 3. The molecule has 1 aliphatic carbocycles. The molecular weight excluding hydrogens is 314 g/mol. The molecule has 0 atom stereocenters. The van der Waals surface area contributed by atoms with Gasteiger partial charge in [0.15, 0.2) is 5.13 Å². The Morgan fingerprint density at radius 2 is 2.13 bits per heavy atom. The molecule has 2 aliphatic rings. The van der Waals surface area contributed by atoms with Gasteiger partial charge in [-0.15, -0.1) is 11.3 Å². The number of hydrogen-bond acceptors (Lipinski definition) is 5. The third-order valence-corrected chi connectivity index (χ3v) is 5.37. The second kappa shape index (κ2) is 7.27. The molecule has 0 saturated heterocycles. The SMILES string of the molecule is CNC(=O)CN1CCc2nc(NC(=O)NC3CCCC3)sc2C1. The van der Waals surface area contributed by atoms with Crippen molar-refractivity contribution in [2.24, 2.45) is 0 Å². The van der Waals surface area contributed by atoms with Crippen LogP contribution >= 0.6 is 11.3 Å². The molecule has 7 nitrogen and oxygen atoms in total. The van der Waals surface area contributed by atoms with Gasteiger partial charge in [0.1, 0.15) is 0 Å². The maximum Gasteiger partial charge on any atom is 0.321 e. The van der Waals surface area contributed by atoms with Crippen molar-refractivity contribution in [2.45, 2.75) is 44.7 Å². The fourth-order valence-corrected chi connectivity index (χ4v) is 4.15. The van der Waals surface area contributed by atoms with Crippen molar-refractivity contribution >= 4 is 28.4 Å². The molecule has 3 amide bonds. The molecule has 0 spiro atoms. The first-order valence-corrected chi connectivity index (χ1v) is 8.94. The van der Waals surface area contributed by atoms with Crippen molar-refractivity contribution in [1.82, 2.24) is 20.5 Å². The molecule has 1 aromatic rings. The van der Waals surface area contributed by atoms with E-state index in [0.717, 1.165) is 36.4 Å². The predicted octanol–water partition coefficient (Wildman–Crippen LogP) is 1.31. The second-order valence-corrected chi connectivity index (χ2v) is 7.19. The van der Waals surface area contributed by atoms with Gasteiger partial charge in [-0.3, -0.25) is 15.0 Å². The van der Waals surface area contributed by atoms with Gasteiger partial charge in [-0.05, 0) is 12.8 Å². The molecule has 1 saturated carbocycles. The third-order valence-electron chi connectivity index (χ3n) is 4.37. The van der Waals surface area contributed by atoms with Crippen LogP contribution < -0.4 is 16.0 Å². The number of rotatable bonds is 4. The van der Waals surface area contributed by atoms with Crippen LogP contribution in [0.25, 0.3) is 0 Å². The lowest BCUT2D eigenvalue weighted by molar-refractivity contribution is -0.121. The summed E-state index contributed by atoms with van der Waals surface area (Å²) >= 11 is 1.50. The summed E-state index contributed by atoms with van der Waals surface area (Å²) in [6.45, 7) is 1.93. The largest absolute Gasteiger partial charge is 0.358 e. The quantitative estimate of drug-likeness (QED) is 0.773. The lowest BCUT2D eigenvalue weighted by atomic mass is 10.2. The zero-order chi connectivity index (χ0) is 16.2. The Labute approximate surface area is 139 Å². The van der Waals surface area contributed by atoms with Crippen molar-refractivity contribution < 1.29 is 9.59 Å². The molecule has 2 heterocycles. The van der Waals surface area contributed by atoms with E-state index in [2.05, 4.69) is 25.8 Å². The van der Waals surface area contributed by atoms with Gasteiger partial charge < -0.3 is 10.6 Å². The number of likely N-dealkylation sites (N-methyl/N-ethyl adjacent to an activating group) is 1. The van der Waals surface area contributed by atoms with E-state index in [-0.39, 0.29) is 11.9 Å². The fourth-order valence-electron chi connectivity index (χ4n) is 3.11. The van der Waals surface area contributed by atoms with Crippen molar-refractivity contribution in [2.75, 3.05) is 25.5 Å². The van der Waals surface area contributed by atoms with Crippen LogP contribution in [0.3, 0.4) is 0 Å². The highest BCUT2D eigenvalue weighted by Crippen LogP contribution is 2.28. The first-order chi connectivity index (χ1) is 11.1. The Bertz CT molecular complexity index is 582. The first-order valence-electron chi connectivity index (χ1n) is 8.13. The van der Waals surface area contributed by atoms with E-state index in [1.54, 1.807) is 7.05 Å². The summed E-state index contributed by atoms with van der Waals surface area (Å²) < 4.78 is 0. The lowest BCUT2D eigenvalue weighted by Crippen LogP contribution is -2.38. The van der Waals surface area contributed by atoms with Gasteiger partial charge in [0, 0.05) is 37.5 Å². The van der Waals surface area contributed by atoms with Crippen LogP contribution in [0.15, 0.2) is 0 Å². The standard InChI is InChI=1S/C15H23N5O2S/c1-16-13(21)9-20-7-6-11-12(8-20)23-15(18-11)19-14(22)17-10-4-2-3-5-10/h10H,2-9H2,1H3,(H,16,21)(H2,17,18,19,22). The smallest absolute Gasteiger partial charge is 0.321 e. The zero-order valence-corrected chi connectivity index (χ0v) is 14.2. The van der Waals surface area contributed by atoms with E-state index in [1.165, 1.54) is 24.2 Å². The Kier molecular flexibility index (Phi) is 5.12. The van der Waals surface area contributed by atoms with Crippen LogP contribution in [0.1, 0.15) is 36.3 Å². The van der Waals surface area contributed by atoms with E-state index in [4.69, 9.17) is 0 Å². The highest BCUT2D eigenvalue weighted by atomic mass is 32.1. The maximum atomic E-state index is 12.0. The average molecular weight is 337 g/mol. The van der Waals surface area contributed by atoms with Gasteiger partial charge in [0.05, 0.1) is 12.2 Å². The van der Waals surface area contributed by atoms with Gasteiger partial charge in [0.25, 0.3) is 0 Å². The Hall–Kier alpha value is -1.67. The highest BCUT2D eigenvalue weighted by molar-refractivity contribution is 7.15. The number of amides is 3. The van der Waals surface area contributed by atoms with Gasteiger partial charge in [-0.25, -0.2) is 9.78 Å². The fraction of sp³-hybridized carbons (Fsp3) is 0.667. The molecule has 8 heteroatoms. The summed E-state index contributed by atoms with van der Waals surface area (Å²) in [5.74, 6) is 0.0206. The van der Waals surface area contributed by atoms with Crippen LogP contribution in [0, 0.1) is 0 Å². The number of thiazole rings is 1. The first kappa shape index (κ1) is 16.2. The maximum absolute atomic E-state index is 12.0. The highest BCUT2D eigenvalue weighted by Gasteiger charge is 2.23. The normalized spacial score (nSPS) is 18.5. The van der Waals surface area contributed by atoms with Crippen LogP contribution in [0.5, 0.6) is 0 Å². The lowest BCUT2D eigenvalue weighted by Gasteiger charge is -2.24. The van der Waals surface area contributed by atoms with Crippen molar-refractivity contribution in [3.05, 3.63) is 10.6 Å².